The molecule has 1 saturated carbocycles. The lowest BCUT2D eigenvalue weighted by molar-refractivity contribution is -0.572. The van der Waals surface area contributed by atoms with Crippen molar-refractivity contribution in [3.8, 4) is 0 Å². The highest BCUT2D eigenvalue weighted by molar-refractivity contribution is 6.06. The summed E-state index contributed by atoms with van der Waals surface area (Å²) in [4.78, 5) is 12.7. The Bertz CT molecular complexity index is 624. The van der Waals surface area contributed by atoms with Crippen LogP contribution < -0.4 is 0 Å². The molecule has 1 heterocycles. The van der Waals surface area contributed by atoms with Crippen LogP contribution in [0, 0.1) is 5.21 Å². The minimum absolute atomic E-state index is 0.179. The minimum Gasteiger partial charge on any atom is -0.622 e. The van der Waals surface area contributed by atoms with E-state index in [2.05, 4.69) is 0 Å². The van der Waals surface area contributed by atoms with Gasteiger partial charge in [0.1, 0.15) is 5.54 Å². The van der Waals surface area contributed by atoms with Gasteiger partial charge in [0.25, 0.3) is 0 Å². The van der Waals surface area contributed by atoms with Gasteiger partial charge in [-0.25, -0.2) is 0 Å². The van der Waals surface area contributed by atoms with Crippen molar-refractivity contribution in [2.75, 3.05) is 0 Å². The topological polar surface area (TPSA) is 66.6 Å². The maximum atomic E-state index is 13.1. The van der Waals surface area contributed by atoms with Crippen molar-refractivity contribution in [3.63, 3.8) is 0 Å². The second-order valence-corrected chi connectivity index (χ2v) is 6.68. The van der Waals surface area contributed by atoms with E-state index in [1.807, 2.05) is 30.3 Å². The van der Waals surface area contributed by atoms with Crippen molar-refractivity contribution in [3.05, 3.63) is 41.1 Å². The molecule has 118 valence electrons. The molecule has 0 aromatic heterocycles. The van der Waals surface area contributed by atoms with Gasteiger partial charge in [-0.2, -0.15) is 4.74 Å². The zero-order chi connectivity index (χ0) is 16.0. The number of carbonyl (C=O) groups is 1. The number of nitrogens with zero attached hydrogens (tertiary/aromatic N) is 2. The molecule has 0 amide bonds. The van der Waals surface area contributed by atoms with Gasteiger partial charge in [-0.3, -0.25) is 4.79 Å². The van der Waals surface area contributed by atoms with Gasteiger partial charge >= 0.3 is 5.66 Å². The van der Waals surface area contributed by atoms with E-state index in [0.717, 1.165) is 34.6 Å². The molecule has 1 aliphatic carbocycles. The van der Waals surface area contributed by atoms with Gasteiger partial charge in [0, 0.05) is 18.4 Å². The van der Waals surface area contributed by atoms with Gasteiger partial charge in [0.2, 0.25) is 11.5 Å². The first-order chi connectivity index (χ1) is 10.4. The van der Waals surface area contributed by atoms with Crippen molar-refractivity contribution in [2.24, 2.45) is 0 Å². The first kappa shape index (κ1) is 15.2. The maximum Gasteiger partial charge on any atom is 0.310 e. The zero-order valence-electron chi connectivity index (χ0n) is 13.1. The Labute approximate surface area is 130 Å². The van der Waals surface area contributed by atoms with Crippen molar-refractivity contribution in [2.45, 2.75) is 57.2 Å². The van der Waals surface area contributed by atoms with Gasteiger partial charge in [-0.15, -0.1) is 5.06 Å². The summed E-state index contributed by atoms with van der Waals surface area (Å²) >= 11 is 0. The van der Waals surface area contributed by atoms with Crippen LogP contribution >= 0.6 is 0 Å². The summed E-state index contributed by atoms with van der Waals surface area (Å²) in [5.74, 6) is -0.179. The summed E-state index contributed by atoms with van der Waals surface area (Å²) in [6.45, 7) is 3.57. The summed E-state index contributed by atoms with van der Waals surface area (Å²) in [6, 6.07) is 9.28. The van der Waals surface area contributed by atoms with Gasteiger partial charge in [0.15, 0.2) is 0 Å². The van der Waals surface area contributed by atoms with Crippen LogP contribution in [0.4, 0.5) is 0 Å². The lowest BCUT2D eigenvalue weighted by atomic mass is 9.92. The van der Waals surface area contributed by atoms with Crippen LogP contribution in [0.2, 0.25) is 0 Å². The summed E-state index contributed by atoms with van der Waals surface area (Å²) in [5, 5.41) is 24.9. The predicted molar refractivity (Wildman–Crippen MR) is 82.7 cm³/mol. The standard InChI is InChI=1S/C17H22N2O3/c1-16(2)15(13-9-5-3-6-10-13)18(21)17(19(16)22)12-8-4-7-11-14(17)20/h3,5-6,9-10,22H,4,7-8,11-12H2,1-2H3. The third kappa shape index (κ3) is 1.92. The van der Waals surface area contributed by atoms with Crippen LogP contribution in [0.1, 0.15) is 51.5 Å². The number of carbonyl (C=O) groups excluding carboxylic acids is 1. The van der Waals surface area contributed by atoms with Crippen LogP contribution in [-0.2, 0) is 4.79 Å². The number of hydroxylamine groups is 3. The van der Waals surface area contributed by atoms with E-state index >= 15 is 0 Å². The molecule has 1 N–H and O–H groups in total. The Kier molecular flexibility index (Phi) is 3.57. The molecule has 0 bridgehead atoms. The van der Waals surface area contributed by atoms with Crippen molar-refractivity contribution in [1.82, 2.24) is 5.06 Å². The molecule has 1 aliphatic heterocycles. The number of benzene rings is 1. The summed E-state index contributed by atoms with van der Waals surface area (Å²) in [7, 11) is 0. The van der Waals surface area contributed by atoms with Crippen molar-refractivity contribution >= 4 is 11.5 Å². The second kappa shape index (κ2) is 5.18. The third-order valence-electron chi connectivity index (χ3n) is 4.92. The average Bonchev–Trinajstić information content (AvgIpc) is 2.64. The fourth-order valence-electron chi connectivity index (χ4n) is 3.76. The zero-order valence-corrected chi connectivity index (χ0v) is 13.1. The van der Waals surface area contributed by atoms with E-state index in [1.54, 1.807) is 13.8 Å². The minimum atomic E-state index is -1.47. The monoisotopic (exact) mass is 302 g/mol. The van der Waals surface area contributed by atoms with E-state index in [0.29, 0.717) is 18.6 Å². The Hall–Kier alpha value is -1.72. The lowest BCUT2D eigenvalue weighted by Gasteiger charge is -2.33. The molecule has 5 heteroatoms. The predicted octanol–water partition coefficient (Wildman–Crippen LogP) is 2.70. The average molecular weight is 302 g/mol. The van der Waals surface area contributed by atoms with E-state index in [9.17, 15) is 15.2 Å². The molecule has 2 aliphatic rings. The first-order valence-electron chi connectivity index (χ1n) is 7.85. The number of rotatable bonds is 1. The number of hydrogen-bond donors (Lipinski definition) is 1. The fourth-order valence-corrected chi connectivity index (χ4v) is 3.76. The van der Waals surface area contributed by atoms with Crippen LogP contribution in [0.3, 0.4) is 0 Å². The Morgan fingerprint density at radius 2 is 1.86 bits per heavy atom. The van der Waals surface area contributed by atoms with Gasteiger partial charge in [-0.05, 0) is 38.8 Å². The van der Waals surface area contributed by atoms with E-state index in [1.165, 1.54) is 0 Å². The Morgan fingerprint density at radius 1 is 1.18 bits per heavy atom. The van der Waals surface area contributed by atoms with E-state index in [-0.39, 0.29) is 5.78 Å². The van der Waals surface area contributed by atoms with Crippen molar-refractivity contribution < 1.29 is 14.7 Å². The molecular weight excluding hydrogens is 280 g/mol. The number of ketones is 1. The number of Topliss-reactive ketones (excluding diaryl/α,β-unsaturated/α-hetero) is 1. The molecule has 1 unspecified atom stereocenters. The molecular formula is C17H22N2O3. The third-order valence-corrected chi connectivity index (χ3v) is 4.92. The highest BCUT2D eigenvalue weighted by atomic mass is 16.6. The van der Waals surface area contributed by atoms with Crippen molar-refractivity contribution in [1.29, 1.82) is 0 Å². The number of hydrogen-bond acceptors (Lipinski definition) is 4. The molecule has 1 atom stereocenters. The quantitative estimate of drug-likeness (QED) is 0.640. The van der Waals surface area contributed by atoms with Gasteiger partial charge in [0.05, 0.1) is 0 Å². The molecule has 0 saturated heterocycles. The molecule has 1 spiro atoms. The second-order valence-electron chi connectivity index (χ2n) is 6.68. The highest BCUT2D eigenvalue weighted by Crippen LogP contribution is 2.41. The summed E-state index contributed by atoms with van der Waals surface area (Å²) < 4.78 is 0.774. The Morgan fingerprint density at radius 3 is 2.55 bits per heavy atom. The SMILES string of the molecule is CC1(C)C(c2ccccc2)=[N+]([O-])C2(CCCCCC2=O)N1O. The summed E-state index contributed by atoms with van der Waals surface area (Å²) in [6.07, 6.45) is 3.17. The summed E-state index contributed by atoms with van der Waals surface area (Å²) in [5.41, 5.74) is -1.19. The van der Waals surface area contributed by atoms with E-state index < -0.39 is 11.2 Å². The normalized spacial score (nSPS) is 29.1. The van der Waals surface area contributed by atoms with E-state index in [4.69, 9.17) is 0 Å². The van der Waals surface area contributed by atoms with Crippen LogP contribution in [0.15, 0.2) is 30.3 Å². The molecule has 1 aromatic carbocycles. The van der Waals surface area contributed by atoms with Gasteiger partial charge < -0.3 is 10.4 Å². The first-order valence-corrected chi connectivity index (χ1v) is 7.85. The van der Waals surface area contributed by atoms with Crippen LogP contribution in [0.5, 0.6) is 0 Å². The smallest absolute Gasteiger partial charge is 0.310 e. The molecule has 22 heavy (non-hydrogen) atoms. The lowest BCUT2D eigenvalue weighted by Crippen LogP contribution is -2.59. The Balaban J connectivity index is 2.21. The molecule has 1 aromatic rings. The van der Waals surface area contributed by atoms with Crippen LogP contribution in [-0.4, -0.2) is 37.7 Å². The molecule has 1 fully saturated rings. The van der Waals surface area contributed by atoms with Crippen LogP contribution in [0.25, 0.3) is 0 Å². The largest absolute Gasteiger partial charge is 0.622 e. The van der Waals surface area contributed by atoms with Gasteiger partial charge in [-0.1, -0.05) is 24.6 Å². The maximum absolute atomic E-state index is 13.1. The molecule has 0 radical (unpaired) electrons. The molecule has 3 rings (SSSR count). The highest BCUT2D eigenvalue weighted by Gasteiger charge is 2.65. The molecule has 5 nitrogen and oxygen atoms in total. The fraction of sp³-hybridized carbons (Fsp3) is 0.529.